The van der Waals surface area contributed by atoms with Crippen molar-refractivity contribution in [3.05, 3.63) is 58.5 Å². The fourth-order valence-corrected chi connectivity index (χ4v) is 3.77. The van der Waals surface area contributed by atoms with Gasteiger partial charge in [0.15, 0.2) is 0 Å². The van der Waals surface area contributed by atoms with Crippen LogP contribution < -0.4 is 10.4 Å². The summed E-state index contributed by atoms with van der Waals surface area (Å²) in [6.45, 7) is 27.0. The van der Waals surface area contributed by atoms with Gasteiger partial charge >= 0.3 is 0 Å². The third-order valence-electron chi connectivity index (χ3n) is 4.65. The predicted molar refractivity (Wildman–Crippen MR) is 142 cm³/mol. The molecule has 158 valence electrons. The van der Waals surface area contributed by atoms with Crippen LogP contribution in [0, 0.1) is 6.92 Å². The smallest absolute Gasteiger partial charge is 0.0128 e. The largest absolute Gasteiger partial charge is 0.143 e. The second kappa shape index (κ2) is 14.1. The monoisotopic (exact) mass is 408 g/mol. The summed E-state index contributed by atoms with van der Waals surface area (Å²) in [6, 6.07) is 10.3. The molecule has 29 heavy (non-hydrogen) atoms. The lowest BCUT2D eigenvalue weighted by Crippen LogP contribution is -2.14. The van der Waals surface area contributed by atoms with E-state index in [9.17, 15) is 0 Å². The minimum absolute atomic E-state index is 0.948. The number of aryl methyl sites for hydroxylation is 1. The molecule has 0 bridgehead atoms. The molecule has 0 saturated heterocycles. The molecular formula is C28H40S. The van der Waals surface area contributed by atoms with Crippen LogP contribution in [0.4, 0.5) is 0 Å². The van der Waals surface area contributed by atoms with E-state index in [0.717, 1.165) is 48.0 Å². The number of unbranched alkanes of at least 4 members (excludes halogenated alkanes) is 2. The summed E-state index contributed by atoms with van der Waals surface area (Å²) in [5.41, 5.74) is 2.29. The van der Waals surface area contributed by atoms with Crippen molar-refractivity contribution < 1.29 is 0 Å². The molecule has 0 fully saturated rings. The van der Waals surface area contributed by atoms with Gasteiger partial charge in [-0.15, -0.1) is 12.6 Å². The quantitative estimate of drug-likeness (QED) is 0.327. The SMILES string of the molecule is C=Cc1c(C)cc(S)c2c(=C)c3ccccc3c(=C)c12.CC.CC.CCCCC. The molecular weight excluding hydrogens is 368 g/mol. The summed E-state index contributed by atoms with van der Waals surface area (Å²) in [7, 11) is 0. The molecule has 0 aromatic heterocycles. The van der Waals surface area contributed by atoms with Gasteiger partial charge in [-0.2, -0.15) is 0 Å². The second-order valence-corrected chi connectivity index (χ2v) is 6.92. The third-order valence-corrected chi connectivity index (χ3v) is 5.00. The Labute approximate surface area is 184 Å². The predicted octanol–water partition coefficient (Wildman–Crippen LogP) is 8.30. The van der Waals surface area contributed by atoms with E-state index in [2.05, 4.69) is 71.3 Å². The summed E-state index contributed by atoms with van der Waals surface area (Å²) in [5, 5.41) is 6.52. The molecule has 0 saturated carbocycles. The van der Waals surface area contributed by atoms with E-state index < -0.39 is 0 Å². The summed E-state index contributed by atoms with van der Waals surface area (Å²) >= 11 is 4.65. The Hall–Kier alpha value is -1.99. The molecule has 3 aromatic carbocycles. The highest BCUT2D eigenvalue weighted by Crippen LogP contribution is 2.26. The van der Waals surface area contributed by atoms with Crippen molar-refractivity contribution in [3.8, 4) is 0 Å². The molecule has 0 amide bonds. The fraction of sp³-hybridized carbons (Fsp3) is 0.357. The lowest BCUT2D eigenvalue weighted by Gasteiger charge is -2.13. The van der Waals surface area contributed by atoms with Crippen molar-refractivity contribution in [2.45, 2.75) is 72.6 Å². The molecule has 0 unspecified atom stereocenters. The van der Waals surface area contributed by atoms with Gasteiger partial charge in [-0.3, -0.25) is 0 Å². The Balaban J connectivity index is 0.000000752. The van der Waals surface area contributed by atoms with Gasteiger partial charge in [0, 0.05) is 10.3 Å². The van der Waals surface area contributed by atoms with Crippen molar-refractivity contribution in [1.82, 2.24) is 0 Å². The molecule has 0 atom stereocenters. The Kier molecular flexibility index (Phi) is 13.1. The van der Waals surface area contributed by atoms with E-state index in [4.69, 9.17) is 0 Å². The standard InChI is InChI=1S/C19H16S.C5H12.2C2H6/c1-5-14-11(2)10-17(20)19-13(4)16-9-7-6-8-15(16)12(3)18(14)19;1-3-5-4-2;2*1-2/h5-10,20H,1,3-4H2,2H3;3-5H2,1-2H3;2*1-2H3. The highest BCUT2D eigenvalue weighted by Gasteiger charge is 2.10. The Morgan fingerprint density at radius 1 is 0.862 bits per heavy atom. The molecule has 0 aliphatic heterocycles. The average Bonchev–Trinajstić information content (AvgIpc) is 2.75. The van der Waals surface area contributed by atoms with Crippen molar-refractivity contribution in [2.75, 3.05) is 0 Å². The first-order valence-corrected chi connectivity index (χ1v) is 11.4. The van der Waals surface area contributed by atoms with Gasteiger partial charge in [0.05, 0.1) is 0 Å². The zero-order valence-electron chi connectivity index (χ0n) is 19.7. The lowest BCUT2D eigenvalue weighted by molar-refractivity contribution is 0.772. The molecule has 3 rings (SSSR count). The van der Waals surface area contributed by atoms with Crippen LogP contribution in [0.3, 0.4) is 0 Å². The van der Waals surface area contributed by atoms with Crippen LogP contribution in [0.1, 0.15) is 71.9 Å². The maximum Gasteiger partial charge on any atom is 0.0128 e. The van der Waals surface area contributed by atoms with Crippen LogP contribution in [-0.4, -0.2) is 0 Å². The first kappa shape index (κ1) is 27.0. The first-order valence-electron chi connectivity index (χ1n) is 10.9. The Morgan fingerprint density at radius 2 is 1.31 bits per heavy atom. The van der Waals surface area contributed by atoms with Gasteiger partial charge in [0.1, 0.15) is 0 Å². The number of benzene rings is 3. The van der Waals surface area contributed by atoms with Crippen molar-refractivity contribution >= 4 is 53.4 Å². The lowest BCUT2D eigenvalue weighted by atomic mass is 9.93. The molecule has 0 aliphatic carbocycles. The van der Waals surface area contributed by atoms with Crippen LogP contribution in [0.2, 0.25) is 0 Å². The molecule has 0 heterocycles. The number of thiol groups is 1. The maximum atomic E-state index is 4.65. The molecule has 1 heteroatoms. The van der Waals surface area contributed by atoms with Crippen LogP contribution in [-0.2, 0) is 0 Å². The molecule has 0 N–H and O–H groups in total. The van der Waals surface area contributed by atoms with E-state index in [0.29, 0.717) is 0 Å². The summed E-state index contributed by atoms with van der Waals surface area (Å²) in [5.74, 6) is 0. The van der Waals surface area contributed by atoms with Crippen LogP contribution in [0.25, 0.3) is 40.8 Å². The third kappa shape index (κ3) is 6.24. The van der Waals surface area contributed by atoms with Crippen LogP contribution in [0.5, 0.6) is 0 Å². The molecule has 0 aliphatic rings. The normalized spacial score (nSPS) is 9.52. The van der Waals surface area contributed by atoms with Gasteiger partial charge in [-0.1, -0.05) is 111 Å². The van der Waals surface area contributed by atoms with Gasteiger partial charge in [0.25, 0.3) is 0 Å². The van der Waals surface area contributed by atoms with E-state index >= 15 is 0 Å². The van der Waals surface area contributed by atoms with E-state index in [1.165, 1.54) is 19.3 Å². The van der Waals surface area contributed by atoms with E-state index in [-0.39, 0.29) is 0 Å². The highest BCUT2D eigenvalue weighted by atomic mass is 32.1. The zero-order valence-corrected chi connectivity index (χ0v) is 20.5. The van der Waals surface area contributed by atoms with Crippen molar-refractivity contribution in [2.24, 2.45) is 0 Å². The van der Waals surface area contributed by atoms with E-state index in [1.807, 2.05) is 45.9 Å². The highest BCUT2D eigenvalue weighted by molar-refractivity contribution is 7.80. The maximum absolute atomic E-state index is 4.65. The molecule has 3 aromatic rings. The first-order chi connectivity index (χ1) is 14.0. The average molecular weight is 409 g/mol. The van der Waals surface area contributed by atoms with Crippen molar-refractivity contribution in [1.29, 1.82) is 0 Å². The number of hydrogen-bond donors (Lipinski definition) is 1. The number of rotatable bonds is 3. The van der Waals surface area contributed by atoms with Crippen LogP contribution >= 0.6 is 12.6 Å². The summed E-state index contributed by atoms with van der Waals surface area (Å²) in [6.07, 6.45) is 5.97. The number of hydrogen-bond acceptors (Lipinski definition) is 1. The topological polar surface area (TPSA) is 0 Å². The van der Waals surface area contributed by atoms with Crippen LogP contribution in [0.15, 0.2) is 41.8 Å². The van der Waals surface area contributed by atoms with Crippen molar-refractivity contribution in [3.63, 3.8) is 0 Å². The van der Waals surface area contributed by atoms with Gasteiger partial charge in [0.2, 0.25) is 0 Å². The minimum Gasteiger partial charge on any atom is -0.143 e. The van der Waals surface area contributed by atoms with Gasteiger partial charge in [-0.25, -0.2) is 0 Å². The zero-order chi connectivity index (χ0) is 22.6. The fourth-order valence-electron chi connectivity index (χ4n) is 3.33. The molecule has 0 nitrogen and oxygen atoms in total. The number of fused-ring (bicyclic) bond motifs is 2. The summed E-state index contributed by atoms with van der Waals surface area (Å²) in [4.78, 5) is 0.948. The van der Waals surface area contributed by atoms with Gasteiger partial charge in [-0.05, 0) is 50.7 Å². The minimum atomic E-state index is 0.948. The van der Waals surface area contributed by atoms with Gasteiger partial charge < -0.3 is 0 Å². The molecule has 0 spiro atoms. The Morgan fingerprint density at radius 3 is 1.69 bits per heavy atom. The van der Waals surface area contributed by atoms with E-state index in [1.54, 1.807) is 0 Å². The summed E-state index contributed by atoms with van der Waals surface area (Å²) < 4.78 is 0. The second-order valence-electron chi connectivity index (χ2n) is 6.44. The molecule has 0 radical (unpaired) electrons. The Bertz CT molecular complexity index is 1010.